The number of rotatable bonds is 11. The highest BCUT2D eigenvalue weighted by molar-refractivity contribution is 7.89. The van der Waals surface area contributed by atoms with Gasteiger partial charge in [0.2, 0.25) is 10.0 Å². The van der Waals surface area contributed by atoms with Gasteiger partial charge in [0.05, 0.1) is 19.1 Å². The van der Waals surface area contributed by atoms with E-state index in [0.717, 1.165) is 27.6 Å². The third-order valence-electron chi connectivity index (χ3n) is 6.16. The van der Waals surface area contributed by atoms with Crippen molar-refractivity contribution in [3.05, 3.63) is 65.7 Å². The summed E-state index contributed by atoms with van der Waals surface area (Å²) in [4.78, 5) is 25.2. The number of benzene rings is 3. The summed E-state index contributed by atoms with van der Waals surface area (Å²) in [7, 11) is -0.896. The zero-order chi connectivity index (χ0) is 31.3. The number of methoxy groups -OCH3 is 2. The Morgan fingerprint density at radius 1 is 0.810 bits per heavy atom. The number of ether oxygens (including phenoxy) is 4. The van der Waals surface area contributed by atoms with Crippen molar-refractivity contribution in [1.82, 2.24) is 4.72 Å². The SMILES string of the molecule is COc1ccc(Cc2ccc(S(=O)(=O)N[C@@H](CCC(=O)OC(C)(C)C)C(=O)OC(C)(C)C)cc2)c2c(OC)cccc12. The van der Waals surface area contributed by atoms with Crippen LogP contribution in [0.3, 0.4) is 0 Å². The van der Waals surface area contributed by atoms with Gasteiger partial charge >= 0.3 is 11.9 Å². The van der Waals surface area contributed by atoms with E-state index in [1.807, 2.05) is 30.3 Å². The van der Waals surface area contributed by atoms with Crippen molar-refractivity contribution in [2.75, 3.05) is 14.2 Å². The summed E-state index contributed by atoms with van der Waals surface area (Å²) in [5, 5.41) is 1.83. The smallest absolute Gasteiger partial charge is 0.324 e. The van der Waals surface area contributed by atoms with Gasteiger partial charge in [-0.15, -0.1) is 0 Å². The lowest BCUT2D eigenvalue weighted by molar-refractivity contribution is -0.158. The minimum atomic E-state index is -4.13. The first-order valence-electron chi connectivity index (χ1n) is 13.7. The third-order valence-corrected chi connectivity index (χ3v) is 7.65. The van der Waals surface area contributed by atoms with Crippen LogP contribution >= 0.6 is 0 Å². The highest BCUT2D eigenvalue weighted by atomic mass is 32.2. The Balaban J connectivity index is 1.83. The predicted molar refractivity (Wildman–Crippen MR) is 161 cm³/mol. The van der Waals surface area contributed by atoms with Gasteiger partial charge in [0.25, 0.3) is 0 Å². The van der Waals surface area contributed by atoms with Crippen molar-refractivity contribution >= 4 is 32.7 Å². The normalized spacial score (nSPS) is 13.0. The molecule has 0 bridgehead atoms. The molecule has 0 fully saturated rings. The lowest BCUT2D eigenvalue weighted by Crippen LogP contribution is -2.44. The third kappa shape index (κ3) is 8.93. The molecular weight excluding hydrogens is 558 g/mol. The van der Waals surface area contributed by atoms with E-state index < -0.39 is 39.2 Å². The molecule has 0 aromatic heterocycles. The maximum Gasteiger partial charge on any atom is 0.324 e. The second-order valence-corrected chi connectivity index (χ2v) is 13.7. The first-order valence-corrected chi connectivity index (χ1v) is 15.2. The Labute approximate surface area is 248 Å². The van der Waals surface area contributed by atoms with E-state index in [9.17, 15) is 18.0 Å². The fourth-order valence-corrected chi connectivity index (χ4v) is 5.65. The van der Waals surface area contributed by atoms with Crippen LogP contribution in [0.25, 0.3) is 10.8 Å². The molecule has 0 aliphatic carbocycles. The number of esters is 2. The van der Waals surface area contributed by atoms with Gasteiger partial charge in [-0.05, 0) is 89.8 Å². The molecule has 3 rings (SSSR count). The van der Waals surface area contributed by atoms with Crippen molar-refractivity contribution in [3.8, 4) is 11.5 Å². The van der Waals surface area contributed by atoms with E-state index in [4.69, 9.17) is 18.9 Å². The summed E-state index contributed by atoms with van der Waals surface area (Å²) in [5.41, 5.74) is 0.315. The zero-order valence-electron chi connectivity index (χ0n) is 25.6. The summed E-state index contributed by atoms with van der Waals surface area (Å²) in [6.07, 6.45) is 0.237. The van der Waals surface area contributed by atoms with E-state index in [-0.39, 0.29) is 17.7 Å². The molecule has 0 unspecified atom stereocenters. The molecule has 228 valence electrons. The number of hydrogen-bond acceptors (Lipinski definition) is 8. The second kappa shape index (κ2) is 13.1. The number of hydrogen-bond donors (Lipinski definition) is 1. The molecule has 0 saturated carbocycles. The molecule has 3 aromatic rings. The molecule has 3 aromatic carbocycles. The zero-order valence-corrected chi connectivity index (χ0v) is 26.4. The predicted octanol–water partition coefficient (Wildman–Crippen LogP) is 5.56. The van der Waals surface area contributed by atoms with Gasteiger partial charge in [-0.2, -0.15) is 4.72 Å². The first-order chi connectivity index (χ1) is 19.5. The van der Waals surface area contributed by atoms with Crippen LogP contribution in [0.15, 0.2) is 59.5 Å². The molecule has 1 atom stereocenters. The molecule has 10 heteroatoms. The average Bonchev–Trinajstić information content (AvgIpc) is 2.89. The van der Waals surface area contributed by atoms with Crippen molar-refractivity contribution in [2.45, 2.75) is 82.9 Å². The Morgan fingerprint density at radius 3 is 2.00 bits per heavy atom. The van der Waals surface area contributed by atoms with Gasteiger partial charge in [0, 0.05) is 17.2 Å². The Bertz CT molecular complexity index is 1520. The molecule has 0 aliphatic rings. The van der Waals surface area contributed by atoms with Crippen molar-refractivity contribution < 1.29 is 37.0 Å². The molecule has 1 N–H and O–H groups in total. The minimum absolute atomic E-state index is 0.0192. The molecular formula is C32H41NO8S. The van der Waals surface area contributed by atoms with Crippen LogP contribution in [0.1, 0.15) is 65.5 Å². The van der Waals surface area contributed by atoms with Crippen LogP contribution in [-0.4, -0.2) is 51.8 Å². The van der Waals surface area contributed by atoms with E-state index in [2.05, 4.69) is 4.72 Å². The number of fused-ring (bicyclic) bond motifs is 1. The molecule has 0 amide bonds. The van der Waals surface area contributed by atoms with Gasteiger partial charge in [0.15, 0.2) is 0 Å². The molecule has 0 saturated heterocycles. The lowest BCUT2D eigenvalue weighted by Gasteiger charge is -2.25. The highest BCUT2D eigenvalue weighted by Crippen LogP contribution is 2.36. The van der Waals surface area contributed by atoms with Gasteiger partial charge in [0.1, 0.15) is 28.7 Å². The van der Waals surface area contributed by atoms with Crippen molar-refractivity contribution in [3.63, 3.8) is 0 Å². The van der Waals surface area contributed by atoms with Crippen LogP contribution in [0.4, 0.5) is 0 Å². The molecule has 0 radical (unpaired) electrons. The second-order valence-electron chi connectivity index (χ2n) is 12.0. The van der Waals surface area contributed by atoms with Crippen LogP contribution in [0, 0.1) is 0 Å². The highest BCUT2D eigenvalue weighted by Gasteiger charge is 2.31. The first kappa shape index (κ1) is 32.9. The maximum atomic E-state index is 13.3. The van der Waals surface area contributed by atoms with Crippen molar-refractivity contribution in [1.29, 1.82) is 0 Å². The van der Waals surface area contributed by atoms with Crippen LogP contribution < -0.4 is 14.2 Å². The van der Waals surface area contributed by atoms with E-state index in [0.29, 0.717) is 12.2 Å². The molecule has 0 aliphatic heterocycles. The summed E-state index contributed by atoms with van der Waals surface area (Å²) in [5.74, 6) is 0.129. The standard InChI is InChI=1S/C32H41NO8S/c1-31(2,3)40-28(34)19-17-25(30(35)41-32(4,5)6)33-42(36,37)23-15-12-21(13-16-23)20-22-14-18-26(38-7)24-10-9-11-27(39-8)29(22)24/h9-16,18,25,33H,17,19-20H2,1-8H3/t25-/m0/s1. The van der Waals surface area contributed by atoms with Gasteiger partial charge < -0.3 is 18.9 Å². The summed E-state index contributed by atoms with van der Waals surface area (Å²) >= 11 is 0. The number of carbonyl (C=O) groups excluding carboxylic acids is 2. The Hall–Kier alpha value is -3.63. The fraction of sp³-hybridized carbons (Fsp3) is 0.438. The number of nitrogens with one attached hydrogen (secondary N) is 1. The van der Waals surface area contributed by atoms with E-state index in [1.165, 1.54) is 12.1 Å². The van der Waals surface area contributed by atoms with E-state index >= 15 is 0 Å². The average molecular weight is 600 g/mol. The number of sulfonamides is 1. The summed E-state index contributed by atoms with van der Waals surface area (Å²) < 4.78 is 50.9. The monoisotopic (exact) mass is 599 g/mol. The van der Waals surface area contributed by atoms with Gasteiger partial charge in [-0.25, -0.2) is 8.42 Å². The lowest BCUT2D eigenvalue weighted by atomic mass is 9.97. The van der Waals surface area contributed by atoms with Gasteiger partial charge in [-0.1, -0.05) is 30.3 Å². The van der Waals surface area contributed by atoms with Crippen LogP contribution in [0.2, 0.25) is 0 Å². The van der Waals surface area contributed by atoms with Gasteiger partial charge in [-0.3, -0.25) is 9.59 Å². The molecule has 9 nitrogen and oxygen atoms in total. The topological polar surface area (TPSA) is 117 Å². The minimum Gasteiger partial charge on any atom is -0.496 e. The van der Waals surface area contributed by atoms with Crippen molar-refractivity contribution in [2.24, 2.45) is 0 Å². The quantitative estimate of drug-likeness (QED) is 0.285. The van der Waals surface area contributed by atoms with Crippen LogP contribution in [0.5, 0.6) is 11.5 Å². The maximum absolute atomic E-state index is 13.3. The molecule has 0 heterocycles. The molecule has 42 heavy (non-hydrogen) atoms. The summed E-state index contributed by atoms with van der Waals surface area (Å²) in [6, 6.07) is 14.8. The van der Waals surface area contributed by atoms with Crippen LogP contribution in [-0.2, 0) is 35.5 Å². The number of carbonyl (C=O) groups is 2. The Kier molecular flexibility index (Phi) is 10.3. The molecule has 0 spiro atoms. The largest absolute Gasteiger partial charge is 0.496 e. The van der Waals surface area contributed by atoms with E-state index in [1.54, 1.807) is 67.9 Å². The Morgan fingerprint density at radius 2 is 1.43 bits per heavy atom. The fourth-order valence-electron chi connectivity index (χ4n) is 4.43. The summed E-state index contributed by atoms with van der Waals surface area (Å²) in [6.45, 7) is 10.3.